The summed E-state index contributed by atoms with van der Waals surface area (Å²) in [5.41, 5.74) is -1.33. The maximum absolute atomic E-state index is 14.2. The van der Waals surface area contributed by atoms with Crippen molar-refractivity contribution in [1.29, 1.82) is 0 Å². The Kier molecular flexibility index (Phi) is 6.83. The van der Waals surface area contributed by atoms with Crippen molar-refractivity contribution in [1.82, 2.24) is 0 Å². The third-order valence-corrected chi connectivity index (χ3v) is 3.20. The van der Waals surface area contributed by atoms with Crippen molar-refractivity contribution >= 4 is 12.0 Å². The van der Waals surface area contributed by atoms with Crippen LogP contribution in [0.25, 0.3) is 6.08 Å². The Morgan fingerprint density at radius 1 is 1.20 bits per heavy atom. The van der Waals surface area contributed by atoms with Gasteiger partial charge in [0, 0.05) is 11.6 Å². The van der Waals surface area contributed by atoms with Gasteiger partial charge in [0.2, 0.25) is 6.17 Å². The van der Waals surface area contributed by atoms with Gasteiger partial charge in [-0.25, -0.2) is 26.7 Å². The molecule has 0 aliphatic carbocycles. The lowest BCUT2D eigenvalue weighted by molar-refractivity contribution is -0.166. The number of hydrogen-bond acceptors (Lipinski definition) is 2. The molecule has 0 saturated heterocycles. The second-order valence-corrected chi connectivity index (χ2v) is 4.88. The minimum atomic E-state index is -5.13. The fourth-order valence-corrected chi connectivity index (χ4v) is 1.90. The summed E-state index contributed by atoms with van der Waals surface area (Å²) in [5, 5.41) is 8.54. The van der Waals surface area contributed by atoms with Crippen LogP contribution in [0.3, 0.4) is 0 Å². The molecule has 1 aromatic rings. The van der Waals surface area contributed by atoms with Gasteiger partial charge in [0.15, 0.2) is 12.3 Å². The topological polar surface area (TPSA) is 46.5 Å². The molecule has 1 aromatic carbocycles. The number of carboxylic acid groups (broad SMARTS) is 1. The average Bonchev–Trinajstić information content (AvgIpc) is 2.57. The molecule has 3 atom stereocenters. The van der Waals surface area contributed by atoms with E-state index in [1.165, 1.54) is 6.07 Å². The summed E-state index contributed by atoms with van der Waals surface area (Å²) in [7, 11) is 1.11. The SMILES string of the molecule is COc1ccc(C=CC(=O)O)c(C(F)C(F)(F)C(F)C(F)C(F)F)c1. The third kappa shape index (κ3) is 4.86. The number of ether oxygens (including phenoxy) is 1. The molecule has 1 rings (SSSR count). The number of alkyl halides is 7. The molecule has 0 spiro atoms. The quantitative estimate of drug-likeness (QED) is 0.543. The molecule has 0 radical (unpaired) electrons. The molecular formula is C15H13F7O3. The summed E-state index contributed by atoms with van der Waals surface area (Å²) >= 11 is 0. The van der Waals surface area contributed by atoms with Crippen LogP contribution in [0.1, 0.15) is 17.3 Å². The second kappa shape index (κ2) is 8.21. The molecule has 0 aliphatic rings. The fraction of sp³-hybridized carbons (Fsp3) is 0.400. The first-order valence-corrected chi connectivity index (χ1v) is 6.69. The van der Waals surface area contributed by atoms with Crippen molar-refractivity contribution in [3.05, 3.63) is 35.4 Å². The molecular weight excluding hydrogens is 361 g/mol. The monoisotopic (exact) mass is 374 g/mol. The zero-order valence-corrected chi connectivity index (χ0v) is 12.6. The Morgan fingerprint density at radius 2 is 1.80 bits per heavy atom. The highest BCUT2D eigenvalue weighted by Crippen LogP contribution is 2.43. The van der Waals surface area contributed by atoms with Crippen LogP contribution in [-0.4, -0.2) is 42.9 Å². The highest BCUT2D eigenvalue weighted by Gasteiger charge is 2.55. The van der Waals surface area contributed by atoms with Crippen LogP contribution in [0.2, 0.25) is 0 Å². The summed E-state index contributed by atoms with van der Waals surface area (Å²) in [6.07, 6.45) is -14.3. The zero-order chi connectivity index (χ0) is 19.4. The van der Waals surface area contributed by atoms with E-state index in [1.54, 1.807) is 0 Å². The lowest BCUT2D eigenvalue weighted by Crippen LogP contribution is -2.44. The van der Waals surface area contributed by atoms with Crippen molar-refractivity contribution in [2.24, 2.45) is 0 Å². The van der Waals surface area contributed by atoms with Crippen molar-refractivity contribution in [3.63, 3.8) is 0 Å². The Hall–Kier alpha value is -2.26. The summed E-state index contributed by atoms with van der Waals surface area (Å²) in [6.45, 7) is 0. The van der Waals surface area contributed by atoms with Gasteiger partial charge in [0.25, 0.3) is 6.43 Å². The van der Waals surface area contributed by atoms with Gasteiger partial charge >= 0.3 is 11.9 Å². The number of methoxy groups -OCH3 is 1. The van der Waals surface area contributed by atoms with E-state index >= 15 is 0 Å². The van der Waals surface area contributed by atoms with Gasteiger partial charge < -0.3 is 9.84 Å². The smallest absolute Gasteiger partial charge is 0.328 e. The molecule has 0 bridgehead atoms. The lowest BCUT2D eigenvalue weighted by atomic mass is 9.94. The predicted octanol–water partition coefficient (Wildman–Crippen LogP) is 4.38. The van der Waals surface area contributed by atoms with Crippen LogP contribution >= 0.6 is 0 Å². The molecule has 3 unspecified atom stereocenters. The minimum absolute atomic E-state index is 0.137. The number of aliphatic carboxylic acids is 1. The molecule has 3 nitrogen and oxygen atoms in total. The van der Waals surface area contributed by atoms with Gasteiger partial charge in [0.05, 0.1) is 7.11 Å². The van der Waals surface area contributed by atoms with E-state index < -0.39 is 48.0 Å². The van der Waals surface area contributed by atoms with Crippen molar-refractivity contribution in [2.45, 2.75) is 30.9 Å². The Labute approximate surface area is 137 Å². The number of carbonyl (C=O) groups is 1. The molecule has 0 fully saturated rings. The van der Waals surface area contributed by atoms with Gasteiger partial charge in [-0.2, -0.15) is 8.78 Å². The summed E-state index contributed by atoms with van der Waals surface area (Å²) in [6, 6.07) is 2.89. The molecule has 140 valence electrons. The normalized spacial score (nSPS) is 16.0. The van der Waals surface area contributed by atoms with Gasteiger partial charge in [-0.15, -0.1) is 0 Å². The molecule has 0 aromatic heterocycles. The lowest BCUT2D eigenvalue weighted by Gasteiger charge is -2.27. The van der Waals surface area contributed by atoms with E-state index in [4.69, 9.17) is 9.84 Å². The van der Waals surface area contributed by atoms with Crippen LogP contribution in [0.5, 0.6) is 5.75 Å². The second-order valence-electron chi connectivity index (χ2n) is 4.88. The number of carboxylic acids is 1. The summed E-state index contributed by atoms with van der Waals surface area (Å²) < 4.78 is 97.1. The third-order valence-electron chi connectivity index (χ3n) is 3.20. The van der Waals surface area contributed by atoms with Crippen molar-refractivity contribution in [2.75, 3.05) is 7.11 Å². The Morgan fingerprint density at radius 3 is 2.28 bits per heavy atom. The molecule has 1 N–H and O–H groups in total. The number of rotatable bonds is 8. The first-order valence-electron chi connectivity index (χ1n) is 6.69. The highest BCUT2D eigenvalue weighted by atomic mass is 19.3. The highest BCUT2D eigenvalue weighted by molar-refractivity contribution is 5.85. The average molecular weight is 374 g/mol. The maximum Gasteiger partial charge on any atom is 0.328 e. The standard InChI is InChI=1S/C15H13F7O3/c1-25-8-4-2-7(3-5-10(23)24)9(6-8)12(17)15(21,22)13(18)11(16)14(19)20/h2-6,11-14H,1H3,(H,23,24). The Balaban J connectivity index is 3.33. The zero-order valence-electron chi connectivity index (χ0n) is 12.6. The van der Waals surface area contributed by atoms with E-state index in [2.05, 4.69) is 0 Å². The minimum Gasteiger partial charge on any atom is -0.497 e. The van der Waals surface area contributed by atoms with Crippen LogP contribution in [0, 0.1) is 0 Å². The summed E-state index contributed by atoms with van der Waals surface area (Å²) in [4.78, 5) is 10.5. The molecule has 25 heavy (non-hydrogen) atoms. The molecule has 0 saturated carbocycles. The van der Waals surface area contributed by atoms with Crippen LogP contribution in [-0.2, 0) is 4.79 Å². The largest absolute Gasteiger partial charge is 0.497 e. The first-order chi connectivity index (χ1) is 11.5. The fourth-order valence-electron chi connectivity index (χ4n) is 1.90. The van der Waals surface area contributed by atoms with E-state index in [0.29, 0.717) is 12.1 Å². The number of hydrogen-bond donors (Lipinski definition) is 1. The van der Waals surface area contributed by atoms with Gasteiger partial charge in [-0.05, 0) is 23.8 Å². The van der Waals surface area contributed by atoms with Gasteiger partial charge in [-0.3, -0.25) is 0 Å². The van der Waals surface area contributed by atoms with Gasteiger partial charge in [0.1, 0.15) is 5.75 Å². The first kappa shape index (κ1) is 20.8. The van der Waals surface area contributed by atoms with E-state index in [0.717, 1.165) is 19.3 Å². The van der Waals surface area contributed by atoms with E-state index in [-0.39, 0.29) is 5.75 Å². The van der Waals surface area contributed by atoms with Crippen LogP contribution in [0.4, 0.5) is 30.7 Å². The van der Waals surface area contributed by atoms with Crippen molar-refractivity contribution in [3.8, 4) is 5.75 Å². The number of benzene rings is 1. The van der Waals surface area contributed by atoms with Gasteiger partial charge in [-0.1, -0.05) is 6.07 Å². The van der Waals surface area contributed by atoms with E-state index in [1.807, 2.05) is 0 Å². The van der Waals surface area contributed by atoms with Crippen LogP contribution in [0.15, 0.2) is 24.3 Å². The predicted molar refractivity (Wildman–Crippen MR) is 74.3 cm³/mol. The molecule has 0 heterocycles. The Bertz CT molecular complexity index is 634. The molecule has 0 amide bonds. The molecule has 10 heteroatoms. The number of halogens is 7. The van der Waals surface area contributed by atoms with E-state index in [9.17, 15) is 35.5 Å². The molecule has 0 aliphatic heterocycles. The summed E-state index contributed by atoms with van der Waals surface area (Å²) in [5.74, 6) is -6.75. The van der Waals surface area contributed by atoms with Crippen molar-refractivity contribution < 1.29 is 45.4 Å². The van der Waals surface area contributed by atoms with Crippen LogP contribution < -0.4 is 4.74 Å². The maximum atomic E-state index is 14.2.